The molecule has 0 bridgehead atoms. The summed E-state index contributed by atoms with van der Waals surface area (Å²) in [6.45, 7) is 6.38. The number of hydrogen-bond donors (Lipinski definition) is 2. The molecule has 0 radical (unpaired) electrons. The molecule has 2 atom stereocenters. The average molecular weight is 540 g/mol. The maximum Gasteiger partial charge on any atom is 0.276 e. The van der Waals surface area contributed by atoms with Gasteiger partial charge in [-0.05, 0) is 45.2 Å². The monoisotopic (exact) mass is 540 g/mol. The molecular formula is C22H33IN6O2. The van der Waals surface area contributed by atoms with Gasteiger partial charge < -0.3 is 19.9 Å². The Morgan fingerprint density at radius 3 is 2.84 bits per heavy atom. The van der Waals surface area contributed by atoms with Gasteiger partial charge in [0.05, 0.1) is 6.10 Å². The molecule has 0 aromatic carbocycles. The number of guanidine groups is 1. The number of ether oxygens (including phenoxy) is 1. The Labute approximate surface area is 201 Å². The molecule has 2 aromatic heterocycles. The summed E-state index contributed by atoms with van der Waals surface area (Å²) in [5.74, 6) is 1.94. The average Bonchev–Trinajstić information content (AvgIpc) is 3.45. The standard InChI is InChI=1S/C22H32N6O2.HI/c1-3-23-21(26-17-15-18(29-4-2)22(17)11-6-7-12-22)25-14-10-19-27-20(30-28-19)16-9-5-8-13-24-16;/h5,8-9,13,17-18H,3-4,6-7,10-12,14-15H2,1-2H3,(H2,23,25,26);1H. The summed E-state index contributed by atoms with van der Waals surface area (Å²) in [6.07, 6.45) is 8.85. The molecular weight excluding hydrogens is 507 g/mol. The lowest BCUT2D eigenvalue weighted by Crippen LogP contribution is -2.65. The van der Waals surface area contributed by atoms with Crippen LogP contribution in [0.1, 0.15) is 51.8 Å². The first kappa shape index (κ1) is 23.9. The molecule has 170 valence electrons. The van der Waals surface area contributed by atoms with Crippen LogP contribution in [0.3, 0.4) is 0 Å². The quantitative estimate of drug-likeness (QED) is 0.300. The third-order valence-electron chi connectivity index (χ3n) is 6.30. The van der Waals surface area contributed by atoms with Gasteiger partial charge in [-0.2, -0.15) is 4.98 Å². The highest BCUT2D eigenvalue weighted by atomic mass is 127. The summed E-state index contributed by atoms with van der Waals surface area (Å²) >= 11 is 0. The minimum absolute atomic E-state index is 0. The zero-order valence-electron chi connectivity index (χ0n) is 18.3. The van der Waals surface area contributed by atoms with Crippen LogP contribution in [0, 0.1) is 5.41 Å². The van der Waals surface area contributed by atoms with Crippen molar-refractivity contribution in [2.45, 2.75) is 64.5 Å². The molecule has 2 fully saturated rings. The zero-order chi connectivity index (χ0) is 20.8. The normalized spacial score (nSPS) is 22.1. The maximum absolute atomic E-state index is 6.03. The van der Waals surface area contributed by atoms with Gasteiger partial charge in [0.1, 0.15) is 5.69 Å². The Balaban J connectivity index is 0.00000272. The number of aliphatic imine (C=N–C) groups is 1. The van der Waals surface area contributed by atoms with Crippen LogP contribution in [0.4, 0.5) is 0 Å². The molecule has 0 amide bonds. The van der Waals surface area contributed by atoms with E-state index in [-0.39, 0.29) is 29.4 Å². The second-order valence-corrected chi connectivity index (χ2v) is 8.06. The first-order valence-electron chi connectivity index (χ1n) is 11.2. The van der Waals surface area contributed by atoms with Crippen molar-refractivity contribution in [3.05, 3.63) is 30.2 Å². The molecule has 8 nitrogen and oxygen atoms in total. The zero-order valence-corrected chi connectivity index (χ0v) is 20.7. The molecule has 1 spiro atoms. The minimum atomic E-state index is 0. The van der Waals surface area contributed by atoms with Gasteiger partial charge in [-0.25, -0.2) is 0 Å². The smallest absolute Gasteiger partial charge is 0.276 e. The van der Waals surface area contributed by atoms with E-state index in [2.05, 4.69) is 39.6 Å². The molecule has 2 heterocycles. The second kappa shape index (κ2) is 11.2. The summed E-state index contributed by atoms with van der Waals surface area (Å²) in [5.41, 5.74) is 0.961. The van der Waals surface area contributed by atoms with Crippen molar-refractivity contribution in [3.63, 3.8) is 0 Å². The van der Waals surface area contributed by atoms with Crippen LogP contribution < -0.4 is 10.6 Å². The largest absolute Gasteiger partial charge is 0.378 e. The first-order valence-corrected chi connectivity index (χ1v) is 11.2. The summed E-state index contributed by atoms with van der Waals surface area (Å²) in [6, 6.07) is 6.04. The highest BCUT2D eigenvalue weighted by Crippen LogP contribution is 2.54. The number of hydrogen-bond acceptors (Lipinski definition) is 6. The highest BCUT2D eigenvalue weighted by Gasteiger charge is 2.56. The molecule has 9 heteroatoms. The number of halogens is 1. The van der Waals surface area contributed by atoms with E-state index < -0.39 is 0 Å². The number of aromatic nitrogens is 3. The van der Waals surface area contributed by atoms with Crippen molar-refractivity contribution in [2.75, 3.05) is 19.7 Å². The van der Waals surface area contributed by atoms with Crippen molar-refractivity contribution < 1.29 is 9.26 Å². The Bertz CT molecular complexity index is 838. The van der Waals surface area contributed by atoms with Gasteiger partial charge in [-0.15, -0.1) is 24.0 Å². The van der Waals surface area contributed by atoms with Crippen molar-refractivity contribution in [2.24, 2.45) is 10.4 Å². The maximum atomic E-state index is 6.03. The summed E-state index contributed by atoms with van der Waals surface area (Å²) < 4.78 is 11.4. The van der Waals surface area contributed by atoms with E-state index in [1.807, 2.05) is 18.2 Å². The molecule has 2 aromatic rings. The molecule has 2 unspecified atom stereocenters. The number of nitrogens with zero attached hydrogens (tertiary/aromatic N) is 4. The van der Waals surface area contributed by atoms with Gasteiger partial charge in [0.25, 0.3) is 5.89 Å². The predicted molar refractivity (Wildman–Crippen MR) is 130 cm³/mol. The fraction of sp³-hybridized carbons (Fsp3) is 0.636. The van der Waals surface area contributed by atoms with E-state index in [4.69, 9.17) is 14.3 Å². The van der Waals surface area contributed by atoms with Crippen LogP contribution in [0.25, 0.3) is 11.6 Å². The Morgan fingerprint density at radius 2 is 2.13 bits per heavy atom. The van der Waals surface area contributed by atoms with Crippen molar-refractivity contribution in [1.82, 2.24) is 25.8 Å². The fourth-order valence-electron chi connectivity index (χ4n) is 4.79. The van der Waals surface area contributed by atoms with Crippen LogP contribution in [-0.4, -0.2) is 52.9 Å². The van der Waals surface area contributed by atoms with Crippen molar-refractivity contribution >= 4 is 29.9 Å². The topological polar surface area (TPSA) is 97.5 Å². The molecule has 0 saturated heterocycles. The van der Waals surface area contributed by atoms with Gasteiger partial charge in [0.2, 0.25) is 0 Å². The number of nitrogens with one attached hydrogen (secondary N) is 2. The predicted octanol–water partition coefficient (Wildman–Crippen LogP) is 3.59. The van der Waals surface area contributed by atoms with Crippen LogP contribution in [0.5, 0.6) is 0 Å². The molecule has 2 saturated carbocycles. The molecule has 0 aliphatic heterocycles. The SMILES string of the molecule is CCNC(=NCCc1noc(-c2ccccn2)n1)NC1CC(OCC)C12CCCC2.I. The molecule has 2 aliphatic rings. The van der Waals surface area contributed by atoms with Gasteiger partial charge in [-0.1, -0.05) is 24.1 Å². The Morgan fingerprint density at radius 1 is 1.29 bits per heavy atom. The van der Waals surface area contributed by atoms with Gasteiger partial charge >= 0.3 is 0 Å². The molecule has 2 aliphatic carbocycles. The van der Waals surface area contributed by atoms with Crippen LogP contribution in [0.15, 0.2) is 33.9 Å². The second-order valence-electron chi connectivity index (χ2n) is 8.06. The van der Waals surface area contributed by atoms with E-state index in [9.17, 15) is 0 Å². The fourth-order valence-corrected chi connectivity index (χ4v) is 4.79. The van der Waals surface area contributed by atoms with Gasteiger partial charge in [0.15, 0.2) is 11.8 Å². The summed E-state index contributed by atoms with van der Waals surface area (Å²) in [4.78, 5) is 13.4. The summed E-state index contributed by atoms with van der Waals surface area (Å²) in [7, 11) is 0. The first-order chi connectivity index (χ1) is 14.7. The lowest BCUT2D eigenvalue weighted by molar-refractivity contribution is -0.125. The van der Waals surface area contributed by atoms with Crippen LogP contribution >= 0.6 is 24.0 Å². The van der Waals surface area contributed by atoms with Crippen molar-refractivity contribution in [1.29, 1.82) is 0 Å². The third-order valence-corrected chi connectivity index (χ3v) is 6.30. The molecule has 4 rings (SSSR count). The third kappa shape index (κ3) is 5.36. The van der Waals surface area contributed by atoms with E-state index >= 15 is 0 Å². The van der Waals surface area contributed by atoms with Gasteiger partial charge in [0, 0.05) is 43.8 Å². The van der Waals surface area contributed by atoms with Crippen LogP contribution in [-0.2, 0) is 11.2 Å². The summed E-state index contributed by atoms with van der Waals surface area (Å²) in [5, 5.41) is 11.1. The van der Waals surface area contributed by atoms with E-state index in [0.717, 1.165) is 25.5 Å². The molecule has 31 heavy (non-hydrogen) atoms. The Kier molecular flexibility index (Phi) is 8.65. The van der Waals surface area contributed by atoms with Crippen molar-refractivity contribution in [3.8, 4) is 11.6 Å². The Hall–Kier alpha value is -1.75. The lowest BCUT2D eigenvalue weighted by atomic mass is 9.60. The van der Waals surface area contributed by atoms with E-state index in [1.54, 1.807) is 6.20 Å². The number of pyridine rings is 1. The highest BCUT2D eigenvalue weighted by molar-refractivity contribution is 14.0. The lowest BCUT2D eigenvalue weighted by Gasteiger charge is -2.54. The van der Waals surface area contributed by atoms with E-state index in [1.165, 1.54) is 25.7 Å². The van der Waals surface area contributed by atoms with E-state index in [0.29, 0.717) is 42.5 Å². The molecule has 2 N–H and O–H groups in total. The van der Waals surface area contributed by atoms with Gasteiger partial charge in [-0.3, -0.25) is 9.98 Å². The van der Waals surface area contributed by atoms with Crippen LogP contribution in [0.2, 0.25) is 0 Å². The number of rotatable bonds is 8. The minimum Gasteiger partial charge on any atom is -0.378 e.